The minimum Gasteiger partial charge on any atom is -0.374 e. The van der Waals surface area contributed by atoms with Crippen LogP contribution in [0.1, 0.15) is 30.9 Å². The van der Waals surface area contributed by atoms with Crippen molar-refractivity contribution in [2.24, 2.45) is 16.8 Å². The number of imidazole rings is 1. The van der Waals surface area contributed by atoms with Crippen LogP contribution in [0, 0.1) is 11.8 Å². The first-order valence-corrected chi connectivity index (χ1v) is 10.5. The van der Waals surface area contributed by atoms with Gasteiger partial charge in [0.2, 0.25) is 0 Å². The topological polar surface area (TPSA) is 54.7 Å². The molecule has 5 rings (SSSR count). The largest absolute Gasteiger partial charge is 0.374 e. The van der Waals surface area contributed by atoms with E-state index in [1.54, 1.807) is 0 Å². The molecule has 1 aromatic heterocycles. The summed E-state index contributed by atoms with van der Waals surface area (Å²) >= 11 is 0. The Morgan fingerprint density at radius 2 is 1.86 bits per heavy atom. The van der Waals surface area contributed by atoms with Gasteiger partial charge in [0.15, 0.2) is 5.96 Å². The molecule has 2 bridgehead atoms. The van der Waals surface area contributed by atoms with Crippen LogP contribution in [0.3, 0.4) is 0 Å². The minimum atomic E-state index is 0.492. The Hall–Kier alpha value is -2.34. The van der Waals surface area contributed by atoms with Crippen LogP contribution in [-0.2, 0) is 17.8 Å². The van der Waals surface area contributed by atoms with E-state index in [1.165, 1.54) is 24.0 Å². The lowest BCUT2D eigenvalue weighted by atomic mass is 9.82. The molecule has 0 radical (unpaired) electrons. The summed E-state index contributed by atoms with van der Waals surface area (Å²) in [6.45, 7) is 6.78. The molecule has 28 heavy (non-hydrogen) atoms. The molecule has 0 amide bonds. The fraction of sp³-hybridized carbons (Fsp3) is 0.545. The van der Waals surface area contributed by atoms with Crippen LogP contribution >= 0.6 is 0 Å². The van der Waals surface area contributed by atoms with Gasteiger partial charge in [-0.1, -0.05) is 24.3 Å². The van der Waals surface area contributed by atoms with Crippen molar-refractivity contribution in [2.75, 3.05) is 19.6 Å². The Labute approximate surface area is 166 Å². The van der Waals surface area contributed by atoms with E-state index in [0.717, 1.165) is 32.1 Å². The van der Waals surface area contributed by atoms with Crippen molar-refractivity contribution in [3.8, 4) is 0 Å². The Balaban J connectivity index is 1.23. The van der Waals surface area contributed by atoms with Crippen molar-refractivity contribution in [1.29, 1.82) is 0 Å². The summed E-state index contributed by atoms with van der Waals surface area (Å²) in [6, 6.07) is 8.75. The number of ether oxygens (including phenoxy) is 1. The van der Waals surface area contributed by atoms with Gasteiger partial charge in [-0.05, 0) is 30.9 Å². The molecule has 0 aliphatic carbocycles. The molecular weight excluding hydrogens is 350 g/mol. The highest BCUT2D eigenvalue weighted by Crippen LogP contribution is 2.47. The van der Waals surface area contributed by atoms with Crippen LogP contribution in [0.4, 0.5) is 0 Å². The number of likely N-dealkylation sites (tertiary alicyclic amines) is 1. The fourth-order valence-electron chi connectivity index (χ4n) is 5.07. The summed E-state index contributed by atoms with van der Waals surface area (Å²) < 4.78 is 8.19. The SMILES string of the molecule is CCNC(=NCc1ccc(Cn2ccnc2)cc1)N1CC2C3CCC(O3)C2C1. The highest BCUT2D eigenvalue weighted by Gasteiger charge is 2.53. The molecule has 1 N–H and O–H groups in total. The van der Waals surface area contributed by atoms with Gasteiger partial charge >= 0.3 is 0 Å². The quantitative estimate of drug-likeness (QED) is 0.641. The lowest BCUT2D eigenvalue weighted by Crippen LogP contribution is -2.41. The molecule has 4 heterocycles. The molecule has 3 saturated heterocycles. The number of benzene rings is 1. The first-order valence-electron chi connectivity index (χ1n) is 10.5. The summed E-state index contributed by atoms with van der Waals surface area (Å²) in [7, 11) is 0. The number of guanidine groups is 1. The molecule has 3 fully saturated rings. The molecule has 6 heteroatoms. The van der Waals surface area contributed by atoms with Gasteiger partial charge in [0.1, 0.15) is 0 Å². The van der Waals surface area contributed by atoms with E-state index in [9.17, 15) is 0 Å². The number of fused-ring (bicyclic) bond motifs is 5. The van der Waals surface area contributed by atoms with Crippen molar-refractivity contribution >= 4 is 5.96 Å². The summed E-state index contributed by atoms with van der Waals surface area (Å²) in [5.74, 6) is 2.45. The van der Waals surface area contributed by atoms with Crippen LogP contribution in [-0.4, -0.2) is 52.3 Å². The van der Waals surface area contributed by atoms with Crippen LogP contribution in [0.15, 0.2) is 48.0 Å². The van der Waals surface area contributed by atoms with Gasteiger partial charge < -0.3 is 19.5 Å². The van der Waals surface area contributed by atoms with Crippen LogP contribution in [0.5, 0.6) is 0 Å². The van der Waals surface area contributed by atoms with Crippen LogP contribution in [0.25, 0.3) is 0 Å². The number of hydrogen-bond acceptors (Lipinski definition) is 3. The van der Waals surface area contributed by atoms with Gasteiger partial charge in [-0.15, -0.1) is 0 Å². The summed E-state index contributed by atoms with van der Waals surface area (Å²) in [4.78, 5) is 11.5. The van der Waals surface area contributed by atoms with E-state index in [0.29, 0.717) is 30.6 Å². The average molecular weight is 380 g/mol. The van der Waals surface area contributed by atoms with Gasteiger partial charge in [-0.2, -0.15) is 0 Å². The zero-order chi connectivity index (χ0) is 18.9. The van der Waals surface area contributed by atoms with Crippen molar-refractivity contribution in [2.45, 2.75) is 45.1 Å². The van der Waals surface area contributed by atoms with Gasteiger partial charge in [0, 0.05) is 50.4 Å². The van der Waals surface area contributed by atoms with Crippen molar-refractivity contribution in [3.05, 3.63) is 54.1 Å². The summed E-state index contributed by atoms with van der Waals surface area (Å²) in [6.07, 6.45) is 9.14. The molecule has 4 unspecified atom stereocenters. The monoisotopic (exact) mass is 379 g/mol. The third-order valence-corrected chi connectivity index (χ3v) is 6.45. The molecule has 2 aromatic rings. The van der Waals surface area contributed by atoms with Gasteiger partial charge in [-0.25, -0.2) is 9.98 Å². The van der Waals surface area contributed by atoms with Crippen LogP contribution < -0.4 is 5.32 Å². The second-order valence-electron chi connectivity index (χ2n) is 8.24. The fourth-order valence-corrected chi connectivity index (χ4v) is 5.07. The van der Waals surface area contributed by atoms with Crippen molar-refractivity contribution in [3.63, 3.8) is 0 Å². The van der Waals surface area contributed by atoms with E-state index in [1.807, 2.05) is 18.7 Å². The lowest BCUT2D eigenvalue weighted by Gasteiger charge is -2.23. The maximum Gasteiger partial charge on any atom is 0.194 e. The zero-order valence-electron chi connectivity index (χ0n) is 16.5. The molecular formula is C22H29N5O. The molecule has 3 aliphatic rings. The third kappa shape index (κ3) is 3.41. The molecule has 0 spiro atoms. The van der Waals surface area contributed by atoms with E-state index in [-0.39, 0.29) is 0 Å². The van der Waals surface area contributed by atoms with E-state index >= 15 is 0 Å². The second-order valence-corrected chi connectivity index (χ2v) is 8.24. The predicted octanol–water partition coefficient (Wildman–Crippen LogP) is 2.51. The first-order chi connectivity index (χ1) is 13.8. The average Bonchev–Trinajstić information content (AvgIpc) is 3.49. The number of rotatable bonds is 5. The first kappa shape index (κ1) is 17.7. The predicted molar refractivity (Wildman–Crippen MR) is 109 cm³/mol. The third-order valence-electron chi connectivity index (χ3n) is 6.45. The Kier molecular flexibility index (Phi) is 4.81. The molecule has 4 atom stereocenters. The second kappa shape index (κ2) is 7.59. The van der Waals surface area contributed by atoms with Gasteiger partial charge in [-0.3, -0.25) is 0 Å². The Morgan fingerprint density at radius 3 is 2.50 bits per heavy atom. The maximum atomic E-state index is 6.11. The van der Waals surface area contributed by atoms with Crippen molar-refractivity contribution < 1.29 is 4.74 Å². The number of hydrogen-bond donors (Lipinski definition) is 1. The standard InChI is InChI=1S/C22H29N5O/c1-2-24-22(27-13-18-19(14-27)21-8-7-20(18)28-21)25-11-16-3-5-17(6-4-16)12-26-10-9-23-15-26/h3-6,9-10,15,18-21H,2,7-8,11-14H2,1H3,(H,24,25). The lowest BCUT2D eigenvalue weighted by molar-refractivity contribution is 0.0767. The molecule has 1 aromatic carbocycles. The number of aromatic nitrogens is 2. The maximum absolute atomic E-state index is 6.11. The van der Waals surface area contributed by atoms with Gasteiger partial charge in [0.25, 0.3) is 0 Å². The zero-order valence-corrected chi connectivity index (χ0v) is 16.5. The van der Waals surface area contributed by atoms with E-state index in [4.69, 9.17) is 9.73 Å². The molecule has 6 nitrogen and oxygen atoms in total. The van der Waals surface area contributed by atoms with Crippen LogP contribution in [0.2, 0.25) is 0 Å². The van der Waals surface area contributed by atoms with Crippen molar-refractivity contribution in [1.82, 2.24) is 19.8 Å². The number of nitrogens with zero attached hydrogens (tertiary/aromatic N) is 4. The highest BCUT2D eigenvalue weighted by atomic mass is 16.5. The highest BCUT2D eigenvalue weighted by molar-refractivity contribution is 5.80. The molecule has 0 saturated carbocycles. The smallest absolute Gasteiger partial charge is 0.194 e. The van der Waals surface area contributed by atoms with E-state index in [2.05, 4.69) is 51.0 Å². The minimum absolute atomic E-state index is 0.492. The summed E-state index contributed by atoms with van der Waals surface area (Å²) in [5.41, 5.74) is 2.52. The summed E-state index contributed by atoms with van der Waals surface area (Å²) in [5, 5.41) is 3.50. The normalized spacial score (nSPS) is 28.8. The number of aliphatic imine (C=N–C) groups is 1. The number of nitrogens with one attached hydrogen (secondary N) is 1. The Morgan fingerprint density at radius 1 is 1.14 bits per heavy atom. The Bertz CT molecular complexity index is 798. The van der Waals surface area contributed by atoms with Gasteiger partial charge in [0.05, 0.1) is 25.1 Å². The molecule has 148 valence electrons. The molecule has 3 aliphatic heterocycles. The van der Waals surface area contributed by atoms with E-state index < -0.39 is 0 Å².